The number of carbonyl (C=O) groups excluding carboxylic acids is 4. The molecule has 6 heteroatoms. The molecule has 6 nitrogen and oxygen atoms in total. The molecule has 9 rings (SSSR count). The van der Waals surface area contributed by atoms with Crippen LogP contribution < -0.4 is 4.90 Å². The molecule has 0 aromatic heterocycles. The number of hydrogen-bond acceptors (Lipinski definition) is 5. The summed E-state index contributed by atoms with van der Waals surface area (Å²) < 4.78 is 5.32. The Bertz CT molecular complexity index is 1880. The monoisotopic (exact) mass is 589 g/mol. The molecule has 2 amide bonds. The van der Waals surface area contributed by atoms with Gasteiger partial charge in [-0.1, -0.05) is 103 Å². The summed E-state index contributed by atoms with van der Waals surface area (Å²) in [6, 6.07) is 39.5. The Kier molecular flexibility index (Phi) is 6.31. The van der Waals surface area contributed by atoms with E-state index in [1.807, 2.05) is 66.7 Å². The maximum atomic E-state index is 14.0. The minimum absolute atomic E-state index is 0.185. The van der Waals surface area contributed by atoms with Crippen LogP contribution in [0.3, 0.4) is 0 Å². The fraction of sp³-hybridized carbons (Fsp3) is 0.128. The van der Waals surface area contributed by atoms with Gasteiger partial charge in [0.25, 0.3) is 0 Å². The number of ketones is 1. The summed E-state index contributed by atoms with van der Waals surface area (Å²) in [5.74, 6) is -2.74. The minimum Gasteiger partial charge on any atom is -0.454 e. The first-order valence-electron chi connectivity index (χ1n) is 15.0. The molecule has 5 aromatic rings. The molecular weight excluding hydrogens is 562 g/mol. The number of nitrogens with zero attached hydrogens (tertiary/aromatic N) is 1. The number of esters is 1. The number of rotatable bonds is 6. The van der Waals surface area contributed by atoms with Crippen LogP contribution in [0.1, 0.15) is 54.8 Å². The van der Waals surface area contributed by atoms with Crippen LogP contribution >= 0.6 is 0 Å². The quantitative estimate of drug-likeness (QED) is 0.124. The fourth-order valence-electron chi connectivity index (χ4n) is 7.46. The Balaban J connectivity index is 0.979. The van der Waals surface area contributed by atoms with Crippen molar-refractivity contribution in [2.45, 2.75) is 11.8 Å². The maximum absolute atomic E-state index is 14.0. The molecule has 0 saturated carbocycles. The van der Waals surface area contributed by atoms with E-state index in [2.05, 4.69) is 24.3 Å². The average molecular weight is 590 g/mol. The van der Waals surface area contributed by atoms with Crippen LogP contribution in [0.15, 0.2) is 127 Å². The second kappa shape index (κ2) is 10.5. The summed E-state index contributed by atoms with van der Waals surface area (Å²) in [7, 11) is 0. The average Bonchev–Trinajstić information content (AvgIpc) is 3.37. The molecule has 5 aromatic carbocycles. The lowest BCUT2D eigenvalue weighted by Crippen LogP contribution is -2.41. The van der Waals surface area contributed by atoms with Crippen LogP contribution in [-0.2, 0) is 14.3 Å². The molecule has 1 saturated heterocycles. The molecule has 1 heterocycles. The van der Waals surface area contributed by atoms with E-state index in [9.17, 15) is 19.2 Å². The standard InChI is InChI=1S/C39H27NO5/c41-32(25-16-14-24(15-17-25)23-8-2-1-3-9-23)22-45-39(44)26-18-20-27(21-19-26)40-37(42)35-33-28-10-4-5-11-29(28)34(36(35)38(40)43)31-13-7-6-12-30(31)33/h1-21,33-36H,22H2. The molecule has 2 unspecified atom stereocenters. The Morgan fingerprint density at radius 1 is 0.533 bits per heavy atom. The molecule has 45 heavy (non-hydrogen) atoms. The highest BCUT2D eigenvalue weighted by atomic mass is 16.5. The highest BCUT2D eigenvalue weighted by molar-refractivity contribution is 6.23. The number of anilines is 1. The van der Waals surface area contributed by atoms with Gasteiger partial charge in [0.1, 0.15) is 0 Å². The van der Waals surface area contributed by atoms with Crippen molar-refractivity contribution in [3.8, 4) is 11.1 Å². The van der Waals surface area contributed by atoms with E-state index in [-0.39, 0.29) is 35.0 Å². The van der Waals surface area contributed by atoms with Gasteiger partial charge < -0.3 is 4.74 Å². The van der Waals surface area contributed by atoms with E-state index < -0.39 is 24.4 Å². The van der Waals surface area contributed by atoms with E-state index in [0.717, 1.165) is 33.4 Å². The van der Waals surface area contributed by atoms with Crippen molar-refractivity contribution in [1.82, 2.24) is 0 Å². The van der Waals surface area contributed by atoms with Gasteiger partial charge in [0.05, 0.1) is 23.1 Å². The Morgan fingerprint density at radius 2 is 0.978 bits per heavy atom. The highest BCUT2D eigenvalue weighted by Crippen LogP contribution is 2.61. The second-order valence-electron chi connectivity index (χ2n) is 11.8. The Morgan fingerprint density at radius 3 is 1.49 bits per heavy atom. The predicted octanol–water partition coefficient (Wildman–Crippen LogP) is 6.79. The van der Waals surface area contributed by atoms with Gasteiger partial charge in [-0.15, -0.1) is 0 Å². The number of hydrogen-bond donors (Lipinski definition) is 0. The third kappa shape index (κ3) is 4.25. The van der Waals surface area contributed by atoms with E-state index in [0.29, 0.717) is 11.3 Å². The molecule has 2 bridgehead atoms. The van der Waals surface area contributed by atoms with Gasteiger partial charge in [-0.3, -0.25) is 14.4 Å². The number of carbonyl (C=O) groups is 4. The smallest absolute Gasteiger partial charge is 0.338 e. The van der Waals surface area contributed by atoms with E-state index >= 15 is 0 Å². The zero-order valence-electron chi connectivity index (χ0n) is 24.1. The Labute approximate surface area is 259 Å². The number of imide groups is 1. The van der Waals surface area contributed by atoms with E-state index in [4.69, 9.17) is 4.74 Å². The summed E-state index contributed by atoms with van der Waals surface area (Å²) in [4.78, 5) is 54.7. The molecule has 3 aliphatic carbocycles. The largest absolute Gasteiger partial charge is 0.454 e. The lowest BCUT2D eigenvalue weighted by Gasteiger charge is -2.45. The molecule has 2 atom stereocenters. The van der Waals surface area contributed by atoms with Crippen molar-refractivity contribution in [3.63, 3.8) is 0 Å². The van der Waals surface area contributed by atoms with Crippen molar-refractivity contribution in [2.75, 3.05) is 11.5 Å². The number of amides is 2. The van der Waals surface area contributed by atoms with E-state index in [1.165, 1.54) is 17.0 Å². The lowest BCUT2D eigenvalue weighted by molar-refractivity contribution is -0.122. The summed E-state index contributed by atoms with van der Waals surface area (Å²) in [6.07, 6.45) is 0. The maximum Gasteiger partial charge on any atom is 0.338 e. The molecule has 4 aliphatic rings. The zero-order chi connectivity index (χ0) is 30.7. The molecule has 1 fully saturated rings. The fourth-order valence-corrected chi connectivity index (χ4v) is 7.46. The van der Waals surface area contributed by atoms with Gasteiger partial charge in [0.15, 0.2) is 12.4 Å². The Hall–Kier alpha value is -5.62. The van der Waals surface area contributed by atoms with Crippen LogP contribution in [-0.4, -0.2) is 30.2 Å². The summed E-state index contributed by atoms with van der Waals surface area (Å²) in [5, 5.41) is 0. The first kappa shape index (κ1) is 27.0. The molecule has 0 N–H and O–H groups in total. The predicted molar refractivity (Wildman–Crippen MR) is 169 cm³/mol. The first-order valence-corrected chi connectivity index (χ1v) is 15.0. The van der Waals surface area contributed by atoms with Crippen molar-refractivity contribution in [1.29, 1.82) is 0 Å². The number of ether oxygens (including phenoxy) is 1. The van der Waals surface area contributed by atoms with Gasteiger partial charge in [-0.05, 0) is 57.6 Å². The van der Waals surface area contributed by atoms with Gasteiger partial charge >= 0.3 is 5.97 Å². The van der Waals surface area contributed by atoms with Crippen LogP contribution in [0, 0.1) is 11.8 Å². The van der Waals surface area contributed by atoms with Gasteiger partial charge in [0, 0.05) is 17.4 Å². The van der Waals surface area contributed by atoms with Crippen molar-refractivity contribution >= 4 is 29.3 Å². The zero-order valence-corrected chi connectivity index (χ0v) is 24.1. The lowest BCUT2D eigenvalue weighted by atomic mass is 9.55. The second-order valence-corrected chi connectivity index (χ2v) is 11.8. The molecule has 1 aliphatic heterocycles. The summed E-state index contributed by atoms with van der Waals surface area (Å²) in [6.45, 7) is -0.401. The third-order valence-corrected chi connectivity index (χ3v) is 9.46. The first-order chi connectivity index (χ1) is 22.0. The molecule has 218 valence electrons. The van der Waals surface area contributed by atoms with Crippen LogP contribution in [0.5, 0.6) is 0 Å². The van der Waals surface area contributed by atoms with Gasteiger partial charge in [-0.2, -0.15) is 0 Å². The van der Waals surface area contributed by atoms with E-state index in [1.54, 1.807) is 24.3 Å². The van der Waals surface area contributed by atoms with Crippen molar-refractivity contribution < 1.29 is 23.9 Å². The van der Waals surface area contributed by atoms with Crippen LogP contribution in [0.25, 0.3) is 11.1 Å². The molecule has 0 radical (unpaired) electrons. The van der Waals surface area contributed by atoms with Gasteiger partial charge in [0.2, 0.25) is 11.8 Å². The topological polar surface area (TPSA) is 80.8 Å². The summed E-state index contributed by atoms with van der Waals surface area (Å²) in [5.41, 5.74) is 7.58. The number of Topliss-reactive ketones (excluding diaryl/α,β-unsaturated/α-hetero) is 1. The normalized spacial score (nSPS) is 20.8. The van der Waals surface area contributed by atoms with Crippen molar-refractivity contribution in [2.24, 2.45) is 11.8 Å². The van der Waals surface area contributed by atoms with Gasteiger partial charge in [-0.25, -0.2) is 9.69 Å². The van der Waals surface area contributed by atoms with Crippen LogP contribution in [0.2, 0.25) is 0 Å². The minimum atomic E-state index is -0.660. The van der Waals surface area contributed by atoms with Crippen LogP contribution in [0.4, 0.5) is 5.69 Å². The van der Waals surface area contributed by atoms with Crippen molar-refractivity contribution in [3.05, 3.63) is 161 Å². The third-order valence-electron chi connectivity index (χ3n) is 9.46. The summed E-state index contributed by atoms with van der Waals surface area (Å²) >= 11 is 0. The molecule has 0 spiro atoms. The molecular formula is C39H27NO5. The highest BCUT2D eigenvalue weighted by Gasteiger charge is 2.61. The number of benzene rings is 5. The SMILES string of the molecule is O=C(COC(=O)c1ccc(N2C(=O)C3C4c5ccccc5C(c5ccccc54)C3C2=O)cc1)c1ccc(-c2ccccc2)cc1.